The topological polar surface area (TPSA) is 85.1 Å². The standard InChI is InChI=1S/C22H19N3OS/c1-15-17(10-7-12-20(15)26-16-8-3-2-4-9-16)18(14-23)22(25)27-21-13-6-5-11-19(21)24/h2-13H,24-25H2,1H3. The molecule has 0 bridgehead atoms. The summed E-state index contributed by atoms with van der Waals surface area (Å²) >= 11 is 1.29. The lowest BCUT2D eigenvalue weighted by atomic mass is 10.0. The first-order valence-corrected chi connectivity index (χ1v) is 9.17. The fraction of sp³-hybridized carbons (Fsp3) is 0.0455. The van der Waals surface area contributed by atoms with E-state index in [1.165, 1.54) is 11.8 Å². The zero-order chi connectivity index (χ0) is 19.2. The number of para-hydroxylation sites is 2. The second-order valence-corrected chi connectivity index (χ2v) is 6.92. The Balaban J connectivity index is 1.97. The van der Waals surface area contributed by atoms with E-state index in [2.05, 4.69) is 6.07 Å². The molecule has 0 atom stereocenters. The van der Waals surface area contributed by atoms with Gasteiger partial charge in [0.1, 0.15) is 17.6 Å². The van der Waals surface area contributed by atoms with E-state index in [0.29, 0.717) is 22.0 Å². The molecule has 4 N–H and O–H groups in total. The first-order chi connectivity index (χ1) is 13.1. The van der Waals surface area contributed by atoms with Crippen molar-refractivity contribution in [1.82, 2.24) is 0 Å². The van der Waals surface area contributed by atoms with Crippen molar-refractivity contribution in [3.05, 3.63) is 89.0 Å². The van der Waals surface area contributed by atoms with Crippen LogP contribution < -0.4 is 16.2 Å². The average Bonchev–Trinajstić information content (AvgIpc) is 2.68. The van der Waals surface area contributed by atoms with Gasteiger partial charge in [-0.05, 0) is 37.3 Å². The lowest BCUT2D eigenvalue weighted by Crippen LogP contribution is -2.01. The largest absolute Gasteiger partial charge is 0.457 e. The van der Waals surface area contributed by atoms with Gasteiger partial charge in [-0.25, -0.2) is 0 Å². The molecule has 0 radical (unpaired) electrons. The van der Waals surface area contributed by atoms with Crippen LogP contribution in [0.3, 0.4) is 0 Å². The maximum Gasteiger partial charge on any atom is 0.130 e. The maximum absolute atomic E-state index is 9.73. The van der Waals surface area contributed by atoms with E-state index < -0.39 is 0 Å². The van der Waals surface area contributed by atoms with Crippen LogP contribution in [0.5, 0.6) is 11.5 Å². The summed E-state index contributed by atoms with van der Waals surface area (Å²) in [7, 11) is 0. The molecule has 3 rings (SSSR count). The Bertz CT molecular complexity index is 1020. The van der Waals surface area contributed by atoms with Crippen LogP contribution in [0.15, 0.2) is 82.7 Å². The lowest BCUT2D eigenvalue weighted by Gasteiger charge is -2.13. The number of allylic oxidation sites excluding steroid dienone is 1. The van der Waals surface area contributed by atoms with Crippen molar-refractivity contribution in [2.45, 2.75) is 11.8 Å². The SMILES string of the molecule is Cc1c(Oc2ccccc2)cccc1C(C#N)=C(N)Sc1ccccc1N. The molecule has 0 spiro atoms. The molecule has 3 aromatic carbocycles. The Morgan fingerprint density at radius 3 is 2.37 bits per heavy atom. The van der Waals surface area contributed by atoms with Crippen LogP contribution in [0, 0.1) is 18.3 Å². The zero-order valence-electron chi connectivity index (χ0n) is 14.8. The van der Waals surface area contributed by atoms with Gasteiger partial charge >= 0.3 is 0 Å². The minimum atomic E-state index is 0.398. The van der Waals surface area contributed by atoms with E-state index in [9.17, 15) is 5.26 Å². The minimum Gasteiger partial charge on any atom is -0.457 e. The number of nitrogens with zero attached hydrogens (tertiary/aromatic N) is 1. The molecule has 27 heavy (non-hydrogen) atoms. The molecule has 0 fully saturated rings. The smallest absolute Gasteiger partial charge is 0.130 e. The predicted molar refractivity (Wildman–Crippen MR) is 111 cm³/mol. The lowest BCUT2D eigenvalue weighted by molar-refractivity contribution is 0.479. The number of benzene rings is 3. The molecule has 4 nitrogen and oxygen atoms in total. The molecule has 0 saturated heterocycles. The summed E-state index contributed by atoms with van der Waals surface area (Å²) in [6.07, 6.45) is 0. The third kappa shape index (κ3) is 4.25. The number of nitriles is 1. The van der Waals surface area contributed by atoms with Gasteiger partial charge in [-0.1, -0.05) is 54.2 Å². The van der Waals surface area contributed by atoms with E-state index in [-0.39, 0.29) is 0 Å². The first kappa shape index (κ1) is 18.4. The van der Waals surface area contributed by atoms with E-state index in [0.717, 1.165) is 21.8 Å². The van der Waals surface area contributed by atoms with Crippen LogP contribution in [0.4, 0.5) is 5.69 Å². The Kier molecular flexibility index (Phi) is 5.70. The van der Waals surface area contributed by atoms with Crippen LogP contribution >= 0.6 is 11.8 Å². The monoisotopic (exact) mass is 373 g/mol. The molecular formula is C22H19N3OS. The number of hydrogen-bond acceptors (Lipinski definition) is 5. The van der Waals surface area contributed by atoms with Gasteiger partial charge in [0.25, 0.3) is 0 Å². The normalized spacial score (nSPS) is 11.4. The number of nitrogens with two attached hydrogens (primary N) is 2. The Hall–Kier alpha value is -3.36. The van der Waals surface area contributed by atoms with Gasteiger partial charge in [-0.2, -0.15) is 5.26 Å². The van der Waals surface area contributed by atoms with Gasteiger partial charge < -0.3 is 16.2 Å². The molecule has 0 saturated carbocycles. The van der Waals surface area contributed by atoms with Gasteiger partial charge in [0, 0.05) is 21.7 Å². The maximum atomic E-state index is 9.73. The second kappa shape index (κ2) is 8.35. The van der Waals surface area contributed by atoms with Crippen LogP contribution in [0.25, 0.3) is 5.57 Å². The second-order valence-electron chi connectivity index (χ2n) is 5.83. The summed E-state index contributed by atoms with van der Waals surface area (Å²) in [4.78, 5) is 0.817. The van der Waals surface area contributed by atoms with E-state index in [4.69, 9.17) is 16.2 Å². The Morgan fingerprint density at radius 1 is 0.963 bits per heavy atom. The van der Waals surface area contributed by atoms with Crippen molar-refractivity contribution in [3.63, 3.8) is 0 Å². The third-order valence-corrected chi connectivity index (χ3v) is 5.04. The highest BCUT2D eigenvalue weighted by Crippen LogP contribution is 2.36. The first-order valence-electron chi connectivity index (χ1n) is 8.35. The van der Waals surface area contributed by atoms with Crippen LogP contribution in [0.1, 0.15) is 11.1 Å². The molecule has 0 aliphatic rings. The molecule has 0 heterocycles. The van der Waals surface area contributed by atoms with Crippen LogP contribution in [-0.2, 0) is 0 Å². The van der Waals surface area contributed by atoms with Crippen molar-refractivity contribution in [2.24, 2.45) is 5.73 Å². The van der Waals surface area contributed by atoms with Crippen molar-refractivity contribution in [2.75, 3.05) is 5.73 Å². The van der Waals surface area contributed by atoms with Gasteiger partial charge in [-0.3, -0.25) is 0 Å². The van der Waals surface area contributed by atoms with Gasteiger partial charge in [0.15, 0.2) is 0 Å². The third-order valence-electron chi connectivity index (χ3n) is 4.02. The number of hydrogen-bond donors (Lipinski definition) is 2. The number of ether oxygens (including phenoxy) is 1. The van der Waals surface area contributed by atoms with Crippen molar-refractivity contribution in [3.8, 4) is 17.6 Å². The number of thioether (sulfide) groups is 1. The summed E-state index contributed by atoms with van der Waals surface area (Å²) in [5, 5.41) is 10.1. The van der Waals surface area contributed by atoms with E-state index >= 15 is 0 Å². The molecular weight excluding hydrogens is 354 g/mol. The molecule has 5 heteroatoms. The molecule has 3 aromatic rings. The van der Waals surface area contributed by atoms with Crippen molar-refractivity contribution in [1.29, 1.82) is 5.26 Å². The van der Waals surface area contributed by atoms with Crippen LogP contribution in [-0.4, -0.2) is 0 Å². The summed E-state index contributed by atoms with van der Waals surface area (Å²) in [6, 6.07) is 24.8. The molecule has 134 valence electrons. The van der Waals surface area contributed by atoms with Gasteiger partial charge in [0.05, 0.1) is 10.6 Å². The zero-order valence-corrected chi connectivity index (χ0v) is 15.7. The van der Waals surface area contributed by atoms with E-state index in [1.54, 1.807) is 6.07 Å². The molecule has 0 amide bonds. The highest BCUT2D eigenvalue weighted by Gasteiger charge is 2.14. The number of anilines is 1. The van der Waals surface area contributed by atoms with Gasteiger partial charge in [-0.15, -0.1) is 0 Å². The highest BCUT2D eigenvalue weighted by atomic mass is 32.2. The summed E-state index contributed by atoms with van der Waals surface area (Å²) in [6.45, 7) is 1.92. The molecule has 0 aliphatic heterocycles. The minimum absolute atomic E-state index is 0.398. The molecule has 0 aliphatic carbocycles. The fourth-order valence-electron chi connectivity index (χ4n) is 2.60. The summed E-state index contributed by atoms with van der Waals surface area (Å²) in [5.41, 5.74) is 14.9. The summed E-state index contributed by atoms with van der Waals surface area (Å²) in [5.74, 6) is 1.42. The Labute approximate surface area is 163 Å². The Morgan fingerprint density at radius 2 is 1.67 bits per heavy atom. The van der Waals surface area contributed by atoms with Crippen LogP contribution in [0.2, 0.25) is 0 Å². The number of nitrogen functional groups attached to an aromatic ring is 1. The quantitative estimate of drug-likeness (QED) is 0.359. The van der Waals surface area contributed by atoms with Crippen molar-refractivity contribution >= 4 is 23.0 Å². The van der Waals surface area contributed by atoms with Crippen molar-refractivity contribution < 1.29 is 4.74 Å². The fourth-order valence-corrected chi connectivity index (χ4v) is 3.43. The molecule has 0 unspecified atom stereocenters. The van der Waals surface area contributed by atoms with Gasteiger partial charge in [0.2, 0.25) is 0 Å². The summed E-state index contributed by atoms with van der Waals surface area (Å²) < 4.78 is 5.96. The van der Waals surface area contributed by atoms with E-state index in [1.807, 2.05) is 73.7 Å². The molecule has 0 aromatic heterocycles. The highest BCUT2D eigenvalue weighted by molar-refractivity contribution is 8.03. The predicted octanol–water partition coefficient (Wildman–Crippen LogP) is 5.31. The average molecular weight is 373 g/mol. The number of rotatable bonds is 5.